The van der Waals surface area contributed by atoms with Crippen molar-refractivity contribution < 1.29 is 14.3 Å². The Morgan fingerprint density at radius 1 is 1.12 bits per heavy atom. The lowest BCUT2D eigenvalue weighted by molar-refractivity contribution is -0.128. The lowest BCUT2D eigenvalue weighted by Crippen LogP contribution is -2.38. The van der Waals surface area contributed by atoms with Crippen molar-refractivity contribution >= 4 is 17.5 Å². The van der Waals surface area contributed by atoms with Gasteiger partial charge in [0.1, 0.15) is 12.2 Å². The Kier molecular flexibility index (Phi) is 5.33. The van der Waals surface area contributed by atoms with Gasteiger partial charge in [-0.1, -0.05) is 30.3 Å². The van der Waals surface area contributed by atoms with E-state index >= 15 is 0 Å². The summed E-state index contributed by atoms with van der Waals surface area (Å²) in [6.45, 7) is 1.06. The van der Waals surface area contributed by atoms with Gasteiger partial charge in [-0.25, -0.2) is 0 Å². The van der Waals surface area contributed by atoms with Crippen molar-refractivity contribution in [3.8, 4) is 5.75 Å². The summed E-state index contributed by atoms with van der Waals surface area (Å²) in [6, 6.07) is 15.4. The molecule has 130 valence electrons. The molecule has 0 bridgehead atoms. The molecule has 0 spiro atoms. The monoisotopic (exact) mass is 338 g/mol. The summed E-state index contributed by atoms with van der Waals surface area (Å²) in [6.07, 6.45) is 1.77. The third-order valence-electron chi connectivity index (χ3n) is 4.37. The number of hydrogen-bond acceptors (Lipinski definition) is 3. The fraction of sp³-hybridized carbons (Fsp3) is 0.300. The molecule has 0 aliphatic carbocycles. The Balaban J connectivity index is 1.55. The minimum atomic E-state index is -0.260. The minimum absolute atomic E-state index is 0.134. The highest BCUT2D eigenvalue weighted by molar-refractivity contribution is 6.05. The van der Waals surface area contributed by atoms with E-state index in [-0.39, 0.29) is 18.2 Å². The standard InChI is InChI=1S/C20H22N2O3/c1-25-17-10-8-15(9-11-17)14-21-19(23)13-20(24)22-12-4-6-16-5-2-3-7-18(16)22/h2-3,5,7-11H,4,6,12-14H2,1H3,(H,21,23). The van der Waals surface area contributed by atoms with E-state index in [0.29, 0.717) is 13.1 Å². The van der Waals surface area contributed by atoms with Crippen LogP contribution in [0.2, 0.25) is 0 Å². The molecule has 1 aliphatic rings. The summed E-state index contributed by atoms with van der Waals surface area (Å²) in [5.41, 5.74) is 3.06. The van der Waals surface area contributed by atoms with Crippen LogP contribution in [0.15, 0.2) is 48.5 Å². The van der Waals surface area contributed by atoms with E-state index in [1.807, 2.05) is 48.5 Å². The van der Waals surface area contributed by atoms with Gasteiger partial charge in [0.05, 0.1) is 7.11 Å². The number of anilines is 1. The number of fused-ring (bicyclic) bond motifs is 1. The SMILES string of the molecule is COc1ccc(CNC(=O)CC(=O)N2CCCc3ccccc32)cc1. The van der Waals surface area contributed by atoms with Crippen molar-refractivity contribution in [1.29, 1.82) is 0 Å². The number of ether oxygens (including phenoxy) is 1. The second-order valence-corrected chi connectivity index (χ2v) is 6.08. The first-order valence-electron chi connectivity index (χ1n) is 8.45. The van der Waals surface area contributed by atoms with Crippen LogP contribution in [-0.2, 0) is 22.6 Å². The van der Waals surface area contributed by atoms with Gasteiger partial charge >= 0.3 is 0 Å². The van der Waals surface area contributed by atoms with Gasteiger partial charge in [-0.05, 0) is 42.2 Å². The molecular formula is C20H22N2O3. The van der Waals surface area contributed by atoms with Crippen LogP contribution in [0.5, 0.6) is 5.75 Å². The van der Waals surface area contributed by atoms with E-state index < -0.39 is 0 Å². The molecule has 1 heterocycles. The first kappa shape index (κ1) is 17.0. The van der Waals surface area contributed by atoms with Crippen LogP contribution < -0.4 is 15.0 Å². The molecule has 2 aromatic carbocycles. The van der Waals surface area contributed by atoms with Gasteiger partial charge in [0.15, 0.2) is 0 Å². The number of carbonyl (C=O) groups excluding carboxylic acids is 2. The van der Waals surface area contributed by atoms with Crippen LogP contribution in [0.3, 0.4) is 0 Å². The van der Waals surface area contributed by atoms with E-state index in [2.05, 4.69) is 5.32 Å². The van der Waals surface area contributed by atoms with E-state index in [4.69, 9.17) is 4.74 Å². The van der Waals surface area contributed by atoms with Crippen molar-refractivity contribution in [3.63, 3.8) is 0 Å². The summed E-state index contributed by atoms with van der Waals surface area (Å²) >= 11 is 0. The molecule has 0 saturated heterocycles. The molecular weight excluding hydrogens is 316 g/mol. The van der Waals surface area contributed by atoms with E-state index in [0.717, 1.165) is 29.8 Å². The normalized spacial score (nSPS) is 13.1. The average molecular weight is 338 g/mol. The second-order valence-electron chi connectivity index (χ2n) is 6.08. The predicted molar refractivity (Wildman–Crippen MR) is 96.6 cm³/mol. The zero-order chi connectivity index (χ0) is 17.6. The second kappa shape index (κ2) is 7.83. The van der Waals surface area contributed by atoms with Crippen LogP contribution >= 0.6 is 0 Å². The Morgan fingerprint density at radius 3 is 2.64 bits per heavy atom. The van der Waals surface area contributed by atoms with Crippen molar-refractivity contribution in [1.82, 2.24) is 5.32 Å². The quantitative estimate of drug-likeness (QED) is 0.853. The number of nitrogens with one attached hydrogen (secondary N) is 1. The summed E-state index contributed by atoms with van der Waals surface area (Å²) in [5, 5.41) is 2.80. The van der Waals surface area contributed by atoms with Gasteiger partial charge in [0.2, 0.25) is 11.8 Å². The fourth-order valence-electron chi connectivity index (χ4n) is 3.03. The number of rotatable bonds is 5. The molecule has 3 rings (SSSR count). The van der Waals surface area contributed by atoms with Crippen LogP contribution in [0.1, 0.15) is 24.0 Å². The molecule has 2 aromatic rings. The third kappa shape index (κ3) is 4.18. The number of nitrogens with zero attached hydrogens (tertiary/aromatic N) is 1. The molecule has 1 N–H and O–H groups in total. The summed E-state index contributed by atoms with van der Waals surface area (Å²) in [4.78, 5) is 26.4. The van der Waals surface area contributed by atoms with Gasteiger partial charge in [-0.2, -0.15) is 0 Å². The first-order valence-corrected chi connectivity index (χ1v) is 8.45. The van der Waals surface area contributed by atoms with Gasteiger partial charge in [0, 0.05) is 18.8 Å². The van der Waals surface area contributed by atoms with Crippen LogP contribution in [0.25, 0.3) is 0 Å². The van der Waals surface area contributed by atoms with Gasteiger partial charge < -0.3 is 15.0 Å². The largest absolute Gasteiger partial charge is 0.497 e. The zero-order valence-corrected chi connectivity index (χ0v) is 14.3. The average Bonchev–Trinajstić information content (AvgIpc) is 2.66. The van der Waals surface area contributed by atoms with Crippen LogP contribution in [0, 0.1) is 0 Å². The minimum Gasteiger partial charge on any atom is -0.497 e. The molecule has 5 nitrogen and oxygen atoms in total. The van der Waals surface area contributed by atoms with Gasteiger partial charge in [-0.3, -0.25) is 9.59 Å². The lowest BCUT2D eigenvalue weighted by Gasteiger charge is -2.29. The summed E-state index contributed by atoms with van der Waals surface area (Å²) in [5.74, 6) is 0.359. The van der Waals surface area contributed by atoms with E-state index in [1.54, 1.807) is 12.0 Å². The van der Waals surface area contributed by atoms with Crippen LogP contribution in [0.4, 0.5) is 5.69 Å². The summed E-state index contributed by atoms with van der Waals surface area (Å²) < 4.78 is 5.11. The number of methoxy groups -OCH3 is 1. The molecule has 5 heteroatoms. The maximum Gasteiger partial charge on any atom is 0.236 e. The number of carbonyl (C=O) groups is 2. The number of hydrogen-bond donors (Lipinski definition) is 1. The highest BCUT2D eigenvalue weighted by Gasteiger charge is 2.23. The van der Waals surface area contributed by atoms with Crippen molar-refractivity contribution in [3.05, 3.63) is 59.7 Å². The maximum atomic E-state index is 12.5. The maximum absolute atomic E-state index is 12.5. The van der Waals surface area contributed by atoms with Gasteiger partial charge in [0.25, 0.3) is 0 Å². The van der Waals surface area contributed by atoms with Crippen molar-refractivity contribution in [2.24, 2.45) is 0 Å². The van der Waals surface area contributed by atoms with Gasteiger partial charge in [-0.15, -0.1) is 0 Å². The number of para-hydroxylation sites is 1. The Hall–Kier alpha value is -2.82. The molecule has 0 fully saturated rings. The highest BCUT2D eigenvalue weighted by atomic mass is 16.5. The molecule has 0 aromatic heterocycles. The molecule has 2 amide bonds. The Bertz CT molecular complexity index is 756. The number of amides is 2. The number of aryl methyl sites for hydroxylation is 1. The number of benzene rings is 2. The Morgan fingerprint density at radius 2 is 1.88 bits per heavy atom. The molecule has 25 heavy (non-hydrogen) atoms. The molecule has 0 unspecified atom stereocenters. The summed E-state index contributed by atoms with van der Waals surface area (Å²) in [7, 11) is 1.61. The first-order chi connectivity index (χ1) is 12.2. The fourth-order valence-corrected chi connectivity index (χ4v) is 3.03. The van der Waals surface area contributed by atoms with Crippen molar-refractivity contribution in [2.45, 2.75) is 25.8 Å². The molecule has 0 radical (unpaired) electrons. The lowest BCUT2D eigenvalue weighted by atomic mass is 10.0. The molecule has 0 saturated carbocycles. The van der Waals surface area contributed by atoms with E-state index in [1.165, 1.54) is 5.56 Å². The highest BCUT2D eigenvalue weighted by Crippen LogP contribution is 2.27. The Labute approximate surface area is 147 Å². The van der Waals surface area contributed by atoms with Crippen LogP contribution in [-0.4, -0.2) is 25.5 Å². The zero-order valence-electron chi connectivity index (χ0n) is 14.3. The molecule has 1 aliphatic heterocycles. The predicted octanol–water partition coefficient (Wildman–Crippen LogP) is 2.68. The third-order valence-corrected chi connectivity index (χ3v) is 4.37. The topological polar surface area (TPSA) is 58.6 Å². The smallest absolute Gasteiger partial charge is 0.236 e. The van der Waals surface area contributed by atoms with E-state index in [9.17, 15) is 9.59 Å². The van der Waals surface area contributed by atoms with Crippen molar-refractivity contribution in [2.75, 3.05) is 18.6 Å². The molecule has 0 atom stereocenters.